The van der Waals surface area contributed by atoms with Gasteiger partial charge in [-0.3, -0.25) is 4.99 Å². The molecule has 0 radical (unpaired) electrons. The number of nitrogens with one attached hydrogen (secondary N) is 2. The number of aromatic nitrogens is 2. The van der Waals surface area contributed by atoms with Gasteiger partial charge < -0.3 is 25.0 Å². The van der Waals surface area contributed by atoms with Gasteiger partial charge in [-0.15, -0.1) is 24.0 Å². The highest BCUT2D eigenvalue weighted by atomic mass is 127. The van der Waals surface area contributed by atoms with Gasteiger partial charge in [0, 0.05) is 45.5 Å². The summed E-state index contributed by atoms with van der Waals surface area (Å²) >= 11 is 0. The molecule has 0 saturated carbocycles. The molecule has 174 valence electrons. The Morgan fingerprint density at radius 1 is 1.23 bits per heavy atom. The maximum absolute atomic E-state index is 13.6. The Bertz CT molecular complexity index is 827. The van der Waals surface area contributed by atoms with Crippen molar-refractivity contribution in [2.45, 2.75) is 31.5 Å². The van der Waals surface area contributed by atoms with Gasteiger partial charge in [0.05, 0.1) is 7.11 Å². The van der Waals surface area contributed by atoms with E-state index >= 15 is 0 Å². The minimum atomic E-state index is -4.87. The van der Waals surface area contributed by atoms with Gasteiger partial charge in [0.2, 0.25) is 5.60 Å². The standard InChI is InChI=1S/C20H28F3N5O2.HI/c1-4-24-18(26-11-9-15-5-7-16(30-3)8-6-15)27-12-10-19(29,20(21,22)23)17-25-13-14-28(17)2;/h5-8,13-14,29H,4,9-12H2,1-3H3,(H2,24,26,27);1H. The van der Waals surface area contributed by atoms with Crippen LogP contribution in [0.5, 0.6) is 5.75 Å². The normalized spacial score (nSPS) is 13.8. The maximum atomic E-state index is 13.6. The van der Waals surface area contributed by atoms with Gasteiger partial charge in [0.15, 0.2) is 5.96 Å². The van der Waals surface area contributed by atoms with Crippen LogP contribution in [0.15, 0.2) is 41.7 Å². The monoisotopic (exact) mass is 555 g/mol. The summed E-state index contributed by atoms with van der Waals surface area (Å²) in [6, 6.07) is 7.62. The minimum absolute atomic E-state index is 0. The molecule has 1 aromatic carbocycles. The summed E-state index contributed by atoms with van der Waals surface area (Å²) in [4.78, 5) is 7.88. The summed E-state index contributed by atoms with van der Waals surface area (Å²) in [5, 5.41) is 16.5. The first-order valence-corrected chi connectivity index (χ1v) is 9.63. The highest BCUT2D eigenvalue weighted by Gasteiger charge is 2.57. The van der Waals surface area contributed by atoms with Crippen LogP contribution in [0.2, 0.25) is 0 Å². The van der Waals surface area contributed by atoms with Crippen molar-refractivity contribution in [2.24, 2.45) is 12.0 Å². The molecule has 0 spiro atoms. The Kier molecular flexibility index (Phi) is 10.6. The van der Waals surface area contributed by atoms with E-state index in [1.807, 2.05) is 31.2 Å². The van der Waals surface area contributed by atoms with E-state index in [1.54, 1.807) is 7.11 Å². The second-order valence-corrected chi connectivity index (χ2v) is 6.76. The molecule has 1 atom stereocenters. The molecule has 11 heteroatoms. The first-order valence-electron chi connectivity index (χ1n) is 9.63. The van der Waals surface area contributed by atoms with Crippen molar-refractivity contribution in [1.29, 1.82) is 0 Å². The van der Waals surface area contributed by atoms with Crippen molar-refractivity contribution < 1.29 is 23.0 Å². The number of imidazole rings is 1. The molecule has 0 saturated heterocycles. The lowest BCUT2D eigenvalue weighted by molar-refractivity contribution is -0.272. The van der Waals surface area contributed by atoms with E-state index in [-0.39, 0.29) is 30.5 Å². The summed E-state index contributed by atoms with van der Waals surface area (Å²) in [5.74, 6) is 0.699. The molecule has 0 aliphatic rings. The molecule has 31 heavy (non-hydrogen) atoms. The van der Waals surface area contributed by atoms with E-state index in [1.165, 1.54) is 19.4 Å². The number of aliphatic hydroxyl groups is 1. The number of halogens is 4. The first kappa shape index (κ1) is 27.0. The lowest BCUT2D eigenvalue weighted by atomic mass is 9.98. The Balaban J connectivity index is 0.00000480. The average molecular weight is 555 g/mol. The van der Waals surface area contributed by atoms with E-state index in [4.69, 9.17) is 4.74 Å². The molecule has 1 heterocycles. The largest absolute Gasteiger partial charge is 0.497 e. The van der Waals surface area contributed by atoms with Crippen molar-refractivity contribution in [3.8, 4) is 5.75 Å². The Morgan fingerprint density at radius 2 is 1.90 bits per heavy atom. The van der Waals surface area contributed by atoms with Crippen LogP contribution in [-0.4, -0.2) is 53.5 Å². The molecule has 0 fully saturated rings. The zero-order chi connectivity index (χ0) is 22.2. The van der Waals surface area contributed by atoms with Crippen molar-refractivity contribution in [3.05, 3.63) is 48.0 Å². The lowest BCUT2D eigenvalue weighted by Crippen LogP contribution is -2.45. The third-order valence-corrected chi connectivity index (χ3v) is 4.61. The quantitative estimate of drug-likeness (QED) is 0.252. The molecule has 0 aliphatic carbocycles. The molecule has 0 bridgehead atoms. The number of benzene rings is 1. The van der Waals surface area contributed by atoms with Gasteiger partial charge >= 0.3 is 6.18 Å². The van der Waals surface area contributed by atoms with E-state index in [2.05, 4.69) is 20.6 Å². The molecule has 0 aliphatic heterocycles. The molecule has 2 aromatic rings. The summed E-state index contributed by atoms with van der Waals surface area (Å²) in [7, 11) is 3.01. The zero-order valence-corrected chi connectivity index (χ0v) is 20.1. The molecule has 1 aromatic heterocycles. The summed E-state index contributed by atoms with van der Waals surface area (Å²) in [6.07, 6.45) is -2.23. The van der Waals surface area contributed by atoms with Crippen LogP contribution in [0, 0.1) is 0 Å². The molecule has 0 amide bonds. The second-order valence-electron chi connectivity index (χ2n) is 6.76. The molecule has 7 nitrogen and oxygen atoms in total. The van der Waals surface area contributed by atoms with Gasteiger partial charge in [-0.05, 0) is 31.0 Å². The van der Waals surface area contributed by atoms with Crippen LogP contribution in [-0.2, 0) is 19.1 Å². The third kappa shape index (κ3) is 7.27. The first-order chi connectivity index (χ1) is 14.2. The van der Waals surface area contributed by atoms with Gasteiger partial charge in [-0.2, -0.15) is 13.2 Å². The number of ether oxygens (including phenoxy) is 1. The maximum Gasteiger partial charge on any atom is 0.424 e. The van der Waals surface area contributed by atoms with Crippen LogP contribution in [0.1, 0.15) is 24.7 Å². The van der Waals surface area contributed by atoms with E-state index in [9.17, 15) is 18.3 Å². The summed E-state index contributed by atoms with van der Waals surface area (Å²) in [6.45, 7) is 2.72. The Hall–Kier alpha value is -2.02. The predicted octanol–water partition coefficient (Wildman–Crippen LogP) is 2.98. The Morgan fingerprint density at radius 3 is 2.42 bits per heavy atom. The smallest absolute Gasteiger partial charge is 0.424 e. The number of aliphatic imine (C=N–C) groups is 1. The SMILES string of the molecule is CCNC(=NCCC(O)(c1nccn1C)C(F)(F)F)NCCc1ccc(OC)cc1.I. The van der Waals surface area contributed by atoms with Crippen molar-refractivity contribution in [1.82, 2.24) is 20.2 Å². The third-order valence-electron chi connectivity index (χ3n) is 4.61. The van der Waals surface area contributed by atoms with Crippen molar-refractivity contribution >= 4 is 29.9 Å². The number of aryl methyl sites for hydroxylation is 1. The number of hydrogen-bond acceptors (Lipinski definition) is 4. The van der Waals surface area contributed by atoms with Crippen molar-refractivity contribution in [2.75, 3.05) is 26.7 Å². The number of rotatable bonds is 9. The van der Waals surface area contributed by atoms with Gasteiger partial charge in [0.25, 0.3) is 0 Å². The zero-order valence-electron chi connectivity index (χ0n) is 17.7. The number of hydrogen-bond donors (Lipinski definition) is 3. The molecule has 3 N–H and O–H groups in total. The molecule has 1 unspecified atom stereocenters. The van der Waals surface area contributed by atoms with E-state index in [0.717, 1.165) is 15.9 Å². The van der Waals surface area contributed by atoms with Gasteiger partial charge in [-0.1, -0.05) is 12.1 Å². The Labute approximate surface area is 197 Å². The topological polar surface area (TPSA) is 83.7 Å². The second kappa shape index (κ2) is 12.1. The predicted molar refractivity (Wildman–Crippen MR) is 124 cm³/mol. The molecule has 2 rings (SSSR count). The summed E-state index contributed by atoms with van der Waals surface area (Å²) < 4.78 is 47.0. The van der Waals surface area contributed by atoms with Crippen LogP contribution in [0.4, 0.5) is 13.2 Å². The van der Waals surface area contributed by atoms with Crippen LogP contribution < -0.4 is 15.4 Å². The molecular formula is C20H29F3IN5O2. The number of alkyl halides is 3. The number of methoxy groups -OCH3 is 1. The van der Waals surface area contributed by atoms with Crippen LogP contribution in [0.3, 0.4) is 0 Å². The lowest BCUT2D eigenvalue weighted by Gasteiger charge is -2.29. The highest BCUT2D eigenvalue weighted by Crippen LogP contribution is 2.40. The van der Waals surface area contributed by atoms with E-state index < -0.39 is 24.0 Å². The highest BCUT2D eigenvalue weighted by molar-refractivity contribution is 14.0. The van der Waals surface area contributed by atoms with Gasteiger partial charge in [0.1, 0.15) is 11.6 Å². The van der Waals surface area contributed by atoms with Crippen molar-refractivity contribution in [3.63, 3.8) is 0 Å². The van der Waals surface area contributed by atoms with Crippen LogP contribution in [0.25, 0.3) is 0 Å². The fraction of sp³-hybridized carbons (Fsp3) is 0.500. The molecular weight excluding hydrogens is 526 g/mol. The van der Waals surface area contributed by atoms with Crippen LogP contribution >= 0.6 is 24.0 Å². The number of nitrogens with zero attached hydrogens (tertiary/aromatic N) is 3. The fourth-order valence-electron chi connectivity index (χ4n) is 2.93. The average Bonchev–Trinajstić information content (AvgIpc) is 3.14. The van der Waals surface area contributed by atoms with E-state index in [0.29, 0.717) is 25.5 Å². The fourth-order valence-corrected chi connectivity index (χ4v) is 2.93. The van der Waals surface area contributed by atoms with Gasteiger partial charge in [-0.25, -0.2) is 4.98 Å². The summed E-state index contributed by atoms with van der Waals surface area (Å²) in [5.41, 5.74) is -1.99. The minimum Gasteiger partial charge on any atom is -0.497 e. The number of guanidine groups is 1.